The summed E-state index contributed by atoms with van der Waals surface area (Å²) in [6.07, 6.45) is 2.41. The molecule has 1 heterocycles. The smallest absolute Gasteiger partial charge is 0.258 e. The summed E-state index contributed by atoms with van der Waals surface area (Å²) in [6, 6.07) is 13.3. The summed E-state index contributed by atoms with van der Waals surface area (Å²) in [5.41, 5.74) is 1.69. The van der Waals surface area contributed by atoms with E-state index in [4.69, 9.17) is 16.3 Å². The zero-order valence-corrected chi connectivity index (χ0v) is 19.2. The van der Waals surface area contributed by atoms with Gasteiger partial charge in [0.15, 0.2) is 6.61 Å². The first-order valence-electron chi connectivity index (χ1n) is 10.2. The normalized spacial score (nSPS) is 11.3. The van der Waals surface area contributed by atoms with Crippen LogP contribution in [0.3, 0.4) is 0 Å². The van der Waals surface area contributed by atoms with Crippen molar-refractivity contribution >= 4 is 44.1 Å². The molecule has 3 N–H and O–H groups in total. The lowest BCUT2D eigenvalue weighted by Gasteiger charge is -2.11. The molecule has 0 saturated carbocycles. The maximum atomic E-state index is 12.1. The van der Waals surface area contributed by atoms with Gasteiger partial charge in [0.05, 0.1) is 10.4 Å². The van der Waals surface area contributed by atoms with E-state index in [2.05, 4.69) is 20.3 Å². The molecule has 10 heteroatoms. The molecule has 1 aromatic heterocycles. The van der Waals surface area contributed by atoms with E-state index in [1.54, 1.807) is 18.3 Å². The van der Waals surface area contributed by atoms with Gasteiger partial charge >= 0.3 is 0 Å². The Morgan fingerprint density at radius 2 is 1.84 bits per heavy atom. The molecule has 3 aromatic rings. The molecule has 170 valence electrons. The molecule has 2 aromatic carbocycles. The fourth-order valence-electron chi connectivity index (χ4n) is 2.91. The van der Waals surface area contributed by atoms with Gasteiger partial charge in [-0.2, -0.15) is 0 Å². The second-order valence-electron chi connectivity index (χ2n) is 6.95. The minimum atomic E-state index is -3.53. The summed E-state index contributed by atoms with van der Waals surface area (Å²) in [5, 5.41) is 7.61. The van der Waals surface area contributed by atoms with Gasteiger partial charge in [-0.1, -0.05) is 18.5 Å². The molecule has 0 aliphatic carbocycles. The second kappa shape index (κ2) is 11.1. The van der Waals surface area contributed by atoms with Crippen molar-refractivity contribution in [2.75, 3.05) is 31.6 Å². The van der Waals surface area contributed by atoms with Crippen molar-refractivity contribution < 1.29 is 17.9 Å². The molecule has 0 saturated heterocycles. The third-order valence-electron chi connectivity index (χ3n) is 4.51. The van der Waals surface area contributed by atoms with Crippen LogP contribution in [0.5, 0.6) is 5.75 Å². The molecule has 0 unspecified atom stereocenters. The molecule has 0 radical (unpaired) electrons. The van der Waals surface area contributed by atoms with Crippen molar-refractivity contribution in [1.82, 2.24) is 15.0 Å². The standard InChI is InChI=1S/C22H25ClN4O4S/c1-2-10-27-32(29,30)18-6-4-17(5-7-18)31-15-22(28)26-13-12-25-20-9-11-24-21-14-16(23)3-8-19(20)21/h3-9,11,14,27H,2,10,12-13,15H2,1H3,(H,24,25)(H,26,28). The molecular formula is C22H25ClN4O4S. The van der Waals surface area contributed by atoms with Gasteiger partial charge in [-0.05, 0) is 55.0 Å². The van der Waals surface area contributed by atoms with Gasteiger partial charge in [-0.15, -0.1) is 0 Å². The maximum absolute atomic E-state index is 12.1. The highest BCUT2D eigenvalue weighted by molar-refractivity contribution is 7.89. The van der Waals surface area contributed by atoms with Gasteiger partial charge in [0.2, 0.25) is 10.0 Å². The number of carbonyl (C=O) groups is 1. The quantitative estimate of drug-likeness (QED) is 0.367. The number of benzene rings is 2. The van der Waals surface area contributed by atoms with E-state index >= 15 is 0 Å². The molecule has 0 fully saturated rings. The largest absolute Gasteiger partial charge is 0.484 e. The first-order valence-corrected chi connectivity index (χ1v) is 12.0. The summed E-state index contributed by atoms with van der Waals surface area (Å²) < 4.78 is 32.1. The van der Waals surface area contributed by atoms with E-state index in [1.165, 1.54) is 24.3 Å². The van der Waals surface area contributed by atoms with E-state index in [9.17, 15) is 13.2 Å². The number of sulfonamides is 1. The Bertz CT molecular complexity index is 1170. The molecular weight excluding hydrogens is 452 g/mol. The van der Waals surface area contributed by atoms with Crippen LogP contribution < -0.4 is 20.1 Å². The number of hydrogen-bond acceptors (Lipinski definition) is 6. The third-order valence-corrected chi connectivity index (χ3v) is 6.23. The average molecular weight is 477 g/mol. The molecule has 0 atom stereocenters. The first kappa shape index (κ1) is 23.8. The fourth-order valence-corrected chi connectivity index (χ4v) is 4.21. The highest BCUT2D eigenvalue weighted by atomic mass is 35.5. The first-order chi connectivity index (χ1) is 15.4. The Hall–Kier alpha value is -2.88. The predicted molar refractivity (Wildman–Crippen MR) is 126 cm³/mol. The van der Waals surface area contributed by atoms with Crippen molar-refractivity contribution in [3.05, 3.63) is 59.8 Å². The predicted octanol–water partition coefficient (Wildman–Crippen LogP) is 3.18. The number of halogens is 1. The zero-order valence-electron chi connectivity index (χ0n) is 17.6. The fraction of sp³-hybridized carbons (Fsp3) is 0.273. The molecule has 8 nitrogen and oxygen atoms in total. The van der Waals surface area contributed by atoms with Crippen molar-refractivity contribution in [2.45, 2.75) is 18.2 Å². The van der Waals surface area contributed by atoms with Gasteiger partial charge in [-0.25, -0.2) is 13.1 Å². The van der Waals surface area contributed by atoms with Gasteiger partial charge in [-0.3, -0.25) is 9.78 Å². The minimum Gasteiger partial charge on any atom is -0.484 e. The number of ether oxygens (including phenoxy) is 1. The lowest BCUT2D eigenvalue weighted by Crippen LogP contribution is -2.32. The van der Waals surface area contributed by atoms with Crippen LogP contribution in [0, 0.1) is 0 Å². The van der Waals surface area contributed by atoms with Crippen LogP contribution in [-0.2, 0) is 14.8 Å². The monoisotopic (exact) mass is 476 g/mol. The van der Waals surface area contributed by atoms with E-state index in [1.807, 2.05) is 19.1 Å². The molecule has 0 aliphatic heterocycles. The third kappa shape index (κ3) is 6.56. The highest BCUT2D eigenvalue weighted by Crippen LogP contribution is 2.24. The Balaban J connectivity index is 1.42. The number of anilines is 1. The number of amides is 1. The number of aromatic nitrogens is 1. The number of pyridine rings is 1. The Morgan fingerprint density at radius 3 is 2.59 bits per heavy atom. The van der Waals surface area contributed by atoms with Gasteiger partial charge in [0.1, 0.15) is 5.75 Å². The van der Waals surface area contributed by atoms with E-state index in [-0.39, 0.29) is 17.4 Å². The van der Waals surface area contributed by atoms with Crippen LogP contribution >= 0.6 is 11.6 Å². The number of hydrogen-bond donors (Lipinski definition) is 3. The summed E-state index contributed by atoms with van der Waals surface area (Å²) >= 11 is 6.00. The van der Waals surface area contributed by atoms with E-state index in [0.717, 1.165) is 16.6 Å². The number of rotatable bonds is 11. The van der Waals surface area contributed by atoms with Crippen LogP contribution in [-0.4, -0.2) is 45.6 Å². The van der Waals surface area contributed by atoms with E-state index in [0.29, 0.717) is 36.8 Å². The van der Waals surface area contributed by atoms with Crippen molar-refractivity contribution in [3.63, 3.8) is 0 Å². The molecule has 0 spiro atoms. The van der Waals surface area contributed by atoms with Crippen LogP contribution in [0.1, 0.15) is 13.3 Å². The Kier molecular flexibility index (Phi) is 8.26. The topological polar surface area (TPSA) is 109 Å². The van der Waals surface area contributed by atoms with Crippen LogP contribution in [0.25, 0.3) is 10.9 Å². The molecule has 0 bridgehead atoms. The van der Waals surface area contributed by atoms with E-state index < -0.39 is 10.0 Å². The van der Waals surface area contributed by atoms with Gasteiger partial charge < -0.3 is 15.4 Å². The summed E-state index contributed by atoms with van der Waals surface area (Å²) in [6.45, 7) is 3.01. The Labute approximate surface area is 192 Å². The van der Waals surface area contributed by atoms with Crippen molar-refractivity contribution in [3.8, 4) is 5.75 Å². The molecule has 32 heavy (non-hydrogen) atoms. The average Bonchev–Trinajstić information content (AvgIpc) is 2.79. The molecule has 1 amide bonds. The molecule has 3 rings (SSSR count). The van der Waals surface area contributed by atoms with Crippen molar-refractivity contribution in [2.24, 2.45) is 0 Å². The summed E-state index contributed by atoms with van der Waals surface area (Å²) in [4.78, 5) is 16.5. The SMILES string of the molecule is CCCNS(=O)(=O)c1ccc(OCC(=O)NCCNc2ccnc3cc(Cl)ccc23)cc1. The Morgan fingerprint density at radius 1 is 1.06 bits per heavy atom. The lowest BCUT2D eigenvalue weighted by atomic mass is 10.2. The molecule has 0 aliphatic rings. The number of fused-ring (bicyclic) bond motifs is 1. The minimum absolute atomic E-state index is 0.153. The van der Waals surface area contributed by atoms with Crippen LogP contribution in [0.2, 0.25) is 5.02 Å². The highest BCUT2D eigenvalue weighted by Gasteiger charge is 2.13. The summed E-state index contributed by atoms with van der Waals surface area (Å²) in [7, 11) is -3.53. The summed E-state index contributed by atoms with van der Waals surface area (Å²) in [5.74, 6) is 0.133. The number of nitrogens with zero attached hydrogens (tertiary/aromatic N) is 1. The van der Waals surface area contributed by atoms with Crippen LogP contribution in [0.15, 0.2) is 59.6 Å². The number of nitrogens with one attached hydrogen (secondary N) is 3. The van der Waals surface area contributed by atoms with Gasteiger partial charge in [0.25, 0.3) is 5.91 Å². The van der Waals surface area contributed by atoms with Crippen LogP contribution in [0.4, 0.5) is 5.69 Å². The zero-order chi connectivity index (χ0) is 23.0. The lowest BCUT2D eigenvalue weighted by molar-refractivity contribution is -0.123. The maximum Gasteiger partial charge on any atom is 0.258 e. The van der Waals surface area contributed by atoms with Gasteiger partial charge in [0, 0.05) is 41.9 Å². The second-order valence-corrected chi connectivity index (χ2v) is 9.16. The van der Waals surface area contributed by atoms with Crippen molar-refractivity contribution in [1.29, 1.82) is 0 Å². The number of carbonyl (C=O) groups excluding carboxylic acids is 1.